The summed E-state index contributed by atoms with van der Waals surface area (Å²) >= 11 is 0. The van der Waals surface area contributed by atoms with Gasteiger partial charge in [0.05, 0.1) is 10.5 Å². The summed E-state index contributed by atoms with van der Waals surface area (Å²) in [7, 11) is -4.12. The quantitative estimate of drug-likeness (QED) is 0.683. The Kier molecular flexibility index (Phi) is 6.12. The number of amides is 1. The first-order chi connectivity index (χ1) is 12.2. The van der Waals surface area contributed by atoms with Gasteiger partial charge in [-0.3, -0.25) is 4.79 Å². The van der Waals surface area contributed by atoms with E-state index < -0.39 is 27.9 Å². The van der Waals surface area contributed by atoms with Gasteiger partial charge < -0.3 is 10.4 Å². The maximum absolute atomic E-state index is 12.7. The summed E-state index contributed by atoms with van der Waals surface area (Å²) in [6.45, 7) is 3.54. The minimum Gasteiger partial charge on any atom is -0.478 e. The number of aromatic carboxylic acids is 1. The second kappa shape index (κ2) is 8.11. The predicted molar refractivity (Wildman–Crippen MR) is 96.2 cm³/mol. The highest BCUT2D eigenvalue weighted by atomic mass is 32.2. The smallest absolute Gasteiger partial charge is 0.335 e. The van der Waals surface area contributed by atoms with Crippen LogP contribution in [0.4, 0.5) is 0 Å². The van der Waals surface area contributed by atoms with Gasteiger partial charge in [0.15, 0.2) is 0 Å². The van der Waals surface area contributed by atoms with Crippen molar-refractivity contribution >= 4 is 21.9 Å². The molecule has 2 aromatic rings. The molecule has 0 saturated heterocycles. The molecule has 0 aliphatic rings. The number of rotatable bonds is 7. The molecule has 0 aliphatic carbocycles. The molecule has 138 valence electrons. The van der Waals surface area contributed by atoms with Crippen molar-refractivity contribution in [1.29, 1.82) is 0 Å². The number of carbonyl (C=O) groups excluding carboxylic acids is 1. The second-order valence-corrected chi connectivity index (χ2v) is 7.68. The maximum atomic E-state index is 12.7. The van der Waals surface area contributed by atoms with E-state index >= 15 is 0 Å². The zero-order chi connectivity index (χ0) is 19.3. The van der Waals surface area contributed by atoms with Crippen molar-refractivity contribution in [3.05, 3.63) is 65.7 Å². The molecule has 1 atom stereocenters. The Morgan fingerprint density at radius 3 is 2.23 bits per heavy atom. The van der Waals surface area contributed by atoms with Crippen molar-refractivity contribution in [2.45, 2.75) is 30.8 Å². The topological polar surface area (TPSA) is 113 Å². The molecule has 3 N–H and O–H groups in total. The van der Waals surface area contributed by atoms with E-state index in [4.69, 9.17) is 5.11 Å². The van der Waals surface area contributed by atoms with Crippen molar-refractivity contribution in [2.24, 2.45) is 0 Å². The van der Waals surface area contributed by atoms with Crippen LogP contribution < -0.4 is 10.0 Å². The van der Waals surface area contributed by atoms with Crippen molar-refractivity contribution in [2.75, 3.05) is 0 Å². The van der Waals surface area contributed by atoms with Gasteiger partial charge in [-0.15, -0.1) is 0 Å². The minimum atomic E-state index is -4.12. The molecule has 0 aliphatic heterocycles. The second-order valence-electron chi connectivity index (χ2n) is 5.96. The maximum Gasteiger partial charge on any atom is 0.335 e. The van der Waals surface area contributed by atoms with E-state index in [0.29, 0.717) is 5.56 Å². The number of hydrogen-bond acceptors (Lipinski definition) is 4. The van der Waals surface area contributed by atoms with Gasteiger partial charge in [-0.25, -0.2) is 13.2 Å². The van der Waals surface area contributed by atoms with Crippen molar-refractivity contribution in [1.82, 2.24) is 10.0 Å². The normalized spacial score (nSPS) is 12.6. The number of hydrogen-bond donors (Lipinski definition) is 3. The summed E-state index contributed by atoms with van der Waals surface area (Å²) in [5, 5.41) is 11.7. The number of carbonyl (C=O) groups is 2. The van der Waals surface area contributed by atoms with E-state index in [1.165, 1.54) is 18.2 Å². The molecule has 1 amide bonds. The van der Waals surface area contributed by atoms with Crippen LogP contribution in [0.5, 0.6) is 0 Å². The largest absolute Gasteiger partial charge is 0.478 e. The third kappa shape index (κ3) is 4.90. The van der Waals surface area contributed by atoms with E-state index in [2.05, 4.69) is 10.0 Å². The third-order valence-corrected chi connectivity index (χ3v) is 4.91. The Morgan fingerprint density at radius 1 is 1.00 bits per heavy atom. The Labute approximate surface area is 152 Å². The molecule has 0 fully saturated rings. The average Bonchev–Trinajstić information content (AvgIpc) is 2.60. The summed E-state index contributed by atoms with van der Waals surface area (Å²) in [6, 6.07) is 12.1. The third-order valence-electron chi connectivity index (χ3n) is 3.49. The number of sulfonamides is 1. The Balaban J connectivity index is 2.39. The summed E-state index contributed by atoms with van der Waals surface area (Å²) in [6.07, 6.45) is 0. The van der Waals surface area contributed by atoms with Crippen molar-refractivity contribution in [3.63, 3.8) is 0 Å². The van der Waals surface area contributed by atoms with Crippen molar-refractivity contribution < 1.29 is 23.1 Å². The van der Waals surface area contributed by atoms with Crippen LogP contribution in [-0.4, -0.2) is 31.4 Å². The van der Waals surface area contributed by atoms with Crippen LogP contribution in [0.15, 0.2) is 59.5 Å². The average molecular weight is 376 g/mol. The van der Waals surface area contributed by atoms with Gasteiger partial charge in [-0.05, 0) is 37.6 Å². The van der Waals surface area contributed by atoms with Crippen molar-refractivity contribution in [3.8, 4) is 0 Å². The van der Waals surface area contributed by atoms with Gasteiger partial charge in [0, 0.05) is 6.04 Å². The standard InChI is InChI=1S/C18H20N2O5S/c1-12(2)19-17(21)16(13-7-4-3-5-8-13)20-26(24,25)15-10-6-9-14(11-15)18(22)23/h3-12,16,20H,1-2H3,(H,19,21)(H,22,23). The first-order valence-corrected chi connectivity index (χ1v) is 9.40. The molecule has 26 heavy (non-hydrogen) atoms. The Bertz CT molecular complexity index is 895. The monoisotopic (exact) mass is 376 g/mol. The Morgan fingerprint density at radius 2 is 1.65 bits per heavy atom. The van der Waals surface area contributed by atoms with Crippen LogP contribution in [0.1, 0.15) is 35.8 Å². The van der Waals surface area contributed by atoms with Gasteiger partial charge in [-0.2, -0.15) is 4.72 Å². The molecule has 2 rings (SSSR count). The van der Waals surface area contributed by atoms with Gasteiger partial charge in [-0.1, -0.05) is 36.4 Å². The fraction of sp³-hybridized carbons (Fsp3) is 0.222. The Hall–Kier alpha value is -2.71. The van der Waals surface area contributed by atoms with E-state index in [1.807, 2.05) is 0 Å². The first kappa shape index (κ1) is 19.6. The highest BCUT2D eigenvalue weighted by molar-refractivity contribution is 7.89. The predicted octanol–water partition coefficient (Wildman–Crippen LogP) is 1.93. The van der Waals surface area contributed by atoms with E-state index in [0.717, 1.165) is 6.07 Å². The van der Waals surface area contributed by atoms with Crippen LogP contribution in [-0.2, 0) is 14.8 Å². The molecule has 0 saturated carbocycles. The lowest BCUT2D eigenvalue weighted by Crippen LogP contribution is -2.42. The van der Waals surface area contributed by atoms with E-state index in [9.17, 15) is 18.0 Å². The van der Waals surface area contributed by atoms with Crippen LogP contribution in [0.2, 0.25) is 0 Å². The lowest BCUT2D eigenvalue weighted by Gasteiger charge is -2.20. The molecule has 7 nitrogen and oxygen atoms in total. The van der Waals surface area contributed by atoms with Crippen LogP contribution >= 0.6 is 0 Å². The highest BCUT2D eigenvalue weighted by Crippen LogP contribution is 2.19. The van der Waals surface area contributed by atoms with E-state index in [-0.39, 0.29) is 16.5 Å². The van der Waals surface area contributed by atoms with Gasteiger partial charge in [0.2, 0.25) is 15.9 Å². The molecule has 2 aromatic carbocycles. The van der Waals surface area contributed by atoms with Gasteiger partial charge >= 0.3 is 5.97 Å². The molecule has 0 radical (unpaired) electrons. The number of nitrogens with one attached hydrogen (secondary N) is 2. The van der Waals surface area contributed by atoms with Crippen LogP contribution in [0.25, 0.3) is 0 Å². The van der Waals surface area contributed by atoms with E-state index in [1.54, 1.807) is 44.2 Å². The molecular formula is C18H20N2O5S. The van der Waals surface area contributed by atoms with Gasteiger partial charge in [0.1, 0.15) is 6.04 Å². The zero-order valence-electron chi connectivity index (χ0n) is 14.3. The SMILES string of the molecule is CC(C)NC(=O)C(NS(=O)(=O)c1cccc(C(=O)O)c1)c1ccccc1. The molecular weight excluding hydrogens is 356 g/mol. The molecule has 1 unspecified atom stereocenters. The lowest BCUT2D eigenvalue weighted by atomic mass is 10.1. The summed E-state index contributed by atoms with van der Waals surface area (Å²) in [5.74, 6) is -1.73. The number of benzene rings is 2. The van der Waals surface area contributed by atoms with Crippen LogP contribution in [0.3, 0.4) is 0 Å². The number of carboxylic acid groups (broad SMARTS) is 1. The first-order valence-electron chi connectivity index (χ1n) is 7.91. The molecule has 0 bridgehead atoms. The molecule has 8 heteroatoms. The fourth-order valence-electron chi connectivity index (χ4n) is 2.31. The summed E-state index contributed by atoms with van der Waals surface area (Å²) < 4.78 is 27.8. The lowest BCUT2D eigenvalue weighted by molar-refractivity contribution is -0.123. The summed E-state index contributed by atoms with van der Waals surface area (Å²) in [4.78, 5) is 23.4. The summed E-state index contributed by atoms with van der Waals surface area (Å²) in [5.41, 5.74) is 0.319. The molecule has 0 aromatic heterocycles. The molecule has 0 heterocycles. The molecule has 0 spiro atoms. The number of carboxylic acids is 1. The van der Waals surface area contributed by atoms with Gasteiger partial charge in [0.25, 0.3) is 0 Å². The zero-order valence-corrected chi connectivity index (χ0v) is 15.2. The fourth-order valence-corrected chi connectivity index (χ4v) is 3.54. The van der Waals surface area contributed by atoms with Crippen LogP contribution in [0, 0.1) is 0 Å². The minimum absolute atomic E-state index is 0.157. The highest BCUT2D eigenvalue weighted by Gasteiger charge is 2.28.